The van der Waals surface area contributed by atoms with Crippen molar-refractivity contribution in [2.45, 2.75) is 12.7 Å². The Morgan fingerprint density at radius 3 is 3.06 bits per heavy atom. The fourth-order valence-corrected chi connectivity index (χ4v) is 1.39. The van der Waals surface area contributed by atoms with Crippen LogP contribution in [0, 0.1) is 0 Å². The molecular weight excluding hydrogens is 226 g/mol. The molecule has 8 nitrogen and oxygen atoms in total. The van der Waals surface area contributed by atoms with Gasteiger partial charge >= 0.3 is 0 Å². The molecule has 0 unspecified atom stereocenters. The number of aromatic amines is 1. The maximum Gasteiger partial charge on any atom is 0.186 e. The van der Waals surface area contributed by atoms with Gasteiger partial charge in [-0.25, -0.2) is 9.97 Å². The number of aliphatic hydroxyl groups is 2. The van der Waals surface area contributed by atoms with Crippen LogP contribution in [-0.4, -0.2) is 49.7 Å². The quantitative estimate of drug-likeness (QED) is 0.515. The van der Waals surface area contributed by atoms with Crippen LogP contribution in [-0.2, 0) is 11.3 Å². The number of anilines is 1. The van der Waals surface area contributed by atoms with Crippen LogP contribution in [0.25, 0.3) is 11.0 Å². The van der Waals surface area contributed by atoms with Gasteiger partial charge in [0.15, 0.2) is 5.65 Å². The first-order valence-corrected chi connectivity index (χ1v) is 5.02. The lowest BCUT2D eigenvalue weighted by molar-refractivity contribution is -0.000548. The monoisotopic (exact) mass is 239 g/mol. The minimum absolute atomic E-state index is 0.0324. The Labute approximate surface area is 96.5 Å². The van der Waals surface area contributed by atoms with Crippen molar-refractivity contribution in [3.8, 4) is 0 Å². The summed E-state index contributed by atoms with van der Waals surface area (Å²) in [5, 5.41) is 25.0. The molecule has 0 saturated heterocycles. The first-order valence-electron chi connectivity index (χ1n) is 5.02. The van der Waals surface area contributed by atoms with Gasteiger partial charge in [0.05, 0.1) is 30.9 Å². The molecule has 8 heteroatoms. The SMILES string of the molecule is Nc1ncnc2n[nH]c(COC[C@@H](O)CO)c12. The highest BCUT2D eigenvalue weighted by Crippen LogP contribution is 2.18. The van der Waals surface area contributed by atoms with Gasteiger partial charge in [0.25, 0.3) is 0 Å². The zero-order chi connectivity index (χ0) is 12.3. The Hall–Kier alpha value is -1.77. The number of nitrogens with zero attached hydrogens (tertiary/aromatic N) is 3. The fraction of sp³-hybridized carbons (Fsp3) is 0.444. The standard InChI is InChI=1S/C9H13N5O3/c10-8-7-6(3-17-2-5(16)1-15)13-14-9(7)12-4-11-8/h4-5,15-16H,1-3H2,(H3,10,11,12,13,14)/t5-/m0/s1. The highest BCUT2D eigenvalue weighted by molar-refractivity contribution is 5.87. The number of nitrogens with two attached hydrogens (primary N) is 1. The molecule has 0 bridgehead atoms. The highest BCUT2D eigenvalue weighted by atomic mass is 16.5. The van der Waals surface area contributed by atoms with Crippen molar-refractivity contribution in [2.24, 2.45) is 0 Å². The minimum atomic E-state index is -0.891. The van der Waals surface area contributed by atoms with Gasteiger partial charge in [0.2, 0.25) is 0 Å². The third-order valence-corrected chi connectivity index (χ3v) is 2.22. The maximum atomic E-state index is 9.10. The lowest BCUT2D eigenvalue weighted by Gasteiger charge is -2.07. The van der Waals surface area contributed by atoms with E-state index < -0.39 is 6.10 Å². The van der Waals surface area contributed by atoms with E-state index in [1.807, 2.05) is 0 Å². The number of hydrogen-bond donors (Lipinski definition) is 4. The average molecular weight is 239 g/mol. The zero-order valence-electron chi connectivity index (χ0n) is 9.00. The molecule has 2 heterocycles. The fourth-order valence-electron chi connectivity index (χ4n) is 1.39. The molecule has 1 atom stereocenters. The van der Waals surface area contributed by atoms with Crippen molar-refractivity contribution in [3.63, 3.8) is 0 Å². The van der Waals surface area contributed by atoms with Crippen LogP contribution in [0.5, 0.6) is 0 Å². The number of ether oxygens (including phenoxy) is 1. The second-order valence-electron chi connectivity index (χ2n) is 3.51. The number of nitrogens with one attached hydrogen (secondary N) is 1. The number of rotatable bonds is 5. The lowest BCUT2D eigenvalue weighted by atomic mass is 10.3. The molecule has 2 aromatic rings. The molecule has 0 fully saturated rings. The van der Waals surface area contributed by atoms with Gasteiger partial charge in [-0.2, -0.15) is 5.10 Å². The topological polar surface area (TPSA) is 130 Å². The second-order valence-corrected chi connectivity index (χ2v) is 3.51. The third-order valence-electron chi connectivity index (χ3n) is 2.22. The molecule has 2 aromatic heterocycles. The average Bonchev–Trinajstić information content (AvgIpc) is 2.74. The molecule has 0 saturated carbocycles. The van der Waals surface area contributed by atoms with E-state index in [2.05, 4.69) is 20.2 Å². The van der Waals surface area contributed by atoms with Crippen LogP contribution in [0.15, 0.2) is 6.33 Å². The molecule has 0 aromatic carbocycles. The minimum Gasteiger partial charge on any atom is -0.394 e. The van der Waals surface area contributed by atoms with E-state index in [-0.39, 0.29) is 19.8 Å². The normalized spacial score (nSPS) is 13.1. The van der Waals surface area contributed by atoms with Gasteiger partial charge in [-0.15, -0.1) is 0 Å². The molecule has 92 valence electrons. The summed E-state index contributed by atoms with van der Waals surface area (Å²) < 4.78 is 5.20. The Morgan fingerprint density at radius 2 is 2.29 bits per heavy atom. The number of nitrogen functional groups attached to an aromatic ring is 1. The van der Waals surface area contributed by atoms with Crippen LogP contribution >= 0.6 is 0 Å². The van der Waals surface area contributed by atoms with Crippen molar-refractivity contribution >= 4 is 16.9 Å². The van der Waals surface area contributed by atoms with E-state index in [9.17, 15) is 0 Å². The van der Waals surface area contributed by atoms with E-state index in [0.29, 0.717) is 22.5 Å². The van der Waals surface area contributed by atoms with E-state index in [1.165, 1.54) is 6.33 Å². The van der Waals surface area contributed by atoms with Crippen LogP contribution in [0.4, 0.5) is 5.82 Å². The smallest absolute Gasteiger partial charge is 0.186 e. The molecule has 0 spiro atoms. The Kier molecular flexibility index (Phi) is 3.47. The molecular formula is C9H13N5O3. The first-order chi connectivity index (χ1) is 8.22. The van der Waals surface area contributed by atoms with Crippen LogP contribution in [0.1, 0.15) is 5.69 Å². The number of H-pyrrole nitrogens is 1. The largest absolute Gasteiger partial charge is 0.394 e. The number of aromatic nitrogens is 4. The second kappa shape index (κ2) is 5.04. The number of hydrogen-bond acceptors (Lipinski definition) is 7. The van der Waals surface area contributed by atoms with Crippen LogP contribution in [0.2, 0.25) is 0 Å². The van der Waals surface area contributed by atoms with Crippen molar-refractivity contribution < 1.29 is 14.9 Å². The predicted octanol–water partition coefficient (Wildman–Crippen LogP) is -1.20. The van der Waals surface area contributed by atoms with Crippen LogP contribution < -0.4 is 5.73 Å². The lowest BCUT2D eigenvalue weighted by Crippen LogP contribution is -2.19. The van der Waals surface area contributed by atoms with Crippen LogP contribution in [0.3, 0.4) is 0 Å². The summed E-state index contributed by atoms with van der Waals surface area (Å²) in [6.45, 7) is -0.120. The van der Waals surface area contributed by atoms with Crippen molar-refractivity contribution in [2.75, 3.05) is 18.9 Å². The molecule has 0 radical (unpaired) electrons. The maximum absolute atomic E-state index is 9.10. The van der Waals surface area contributed by atoms with Crippen molar-refractivity contribution in [1.29, 1.82) is 0 Å². The molecule has 0 amide bonds. The molecule has 17 heavy (non-hydrogen) atoms. The van der Waals surface area contributed by atoms with Gasteiger partial charge in [-0.1, -0.05) is 0 Å². The summed E-state index contributed by atoms with van der Waals surface area (Å²) in [4.78, 5) is 7.80. The molecule has 0 aliphatic carbocycles. The van der Waals surface area contributed by atoms with Crippen molar-refractivity contribution in [1.82, 2.24) is 20.2 Å². The van der Waals surface area contributed by atoms with E-state index in [4.69, 9.17) is 20.7 Å². The summed E-state index contributed by atoms with van der Waals surface area (Å²) in [7, 11) is 0. The van der Waals surface area contributed by atoms with Gasteiger partial charge in [-0.3, -0.25) is 5.10 Å². The highest BCUT2D eigenvalue weighted by Gasteiger charge is 2.11. The van der Waals surface area contributed by atoms with E-state index in [0.717, 1.165) is 0 Å². The first kappa shape index (κ1) is 11.7. The summed E-state index contributed by atoms with van der Waals surface area (Å²) in [6, 6.07) is 0. The molecule has 2 rings (SSSR count). The number of aliphatic hydroxyl groups excluding tert-OH is 2. The van der Waals surface area contributed by atoms with E-state index >= 15 is 0 Å². The zero-order valence-corrected chi connectivity index (χ0v) is 9.00. The van der Waals surface area contributed by atoms with E-state index in [1.54, 1.807) is 0 Å². The van der Waals surface area contributed by atoms with Crippen molar-refractivity contribution in [3.05, 3.63) is 12.0 Å². The van der Waals surface area contributed by atoms with Gasteiger partial charge in [0.1, 0.15) is 18.2 Å². The summed E-state index contributed by atoms with van der Waals surface area (Å²) in [5.41, 5.74) is 6.82. The molecule has 0 aliphatic heterocycles. The van der Waals surface area contributed by atoms with Gasteiger partial charge in [-0.05, 0) is 0 Å². The molecule has 5 N–H and O–H groups in total. The Balaban J connectivity index is 2.09. The Bertz CT molecular complexity index is 500. The number of fused-ring (bicyclic) bond motifs is 1. The Morgan fingerprint density at radius 1 is 1.47 bits per heavy atom. The summed E-state index contributed by atoms with van der Waals surface area (Å²) >= 11 is 0. The van der Waals surface area contributed by atoms with Gasteiger partial charge < -0.3 is 20.7 Å². The summed E-state index contributed by atoms with van der Waals surface area (Å²) in [5.74, 6) is 0.324. The summed E-state index contributed by atoms with van der Waals surface area (Å²) in [6.07, 6.45) is 0.441. The predicted molar refractivity (Wildman–Crippen MR) is 58.8 cm³/mol. The van der Waals surface area contributed by atoms with Gasteiger partial charge in [0, 0.05) is 0 Å². The molecule has 0 aliphatic rings. The third kappa shape index (κ3) is 2.49.